The number of piperidine rings is 1. The number of anilines is 2. The lowest BCUT2D eigenvalue weighted by Crippen LogP contribution is -2.47. The fraction of sp³-hybridized carbons (Fsp3) is 0.636. The van der Waals surface area contributed by atoms with Crippen LogP contribution in [-0.4, -0.2) is 40.2 Å². The highest BCUT2D eigenvalue weighted by Crippen LogP contribution is 2.45. The molecule has 2 unspecified atom stereocenters. The predicted octanol–water partition coefficient (Wildman–Crippen LogP) is 4.29. The number of benzene rings is 1. The van der Waals surface area contributed by atoms with Gasteiger partial charge in [0.05, 0.1) is 23.0 Å². The third-order valence-corrected chi connectivity index (χ3v) is 7.34. The van der Waals surface area contributed by atoms with Crippen LogP contribution < -0.4 is 16.0 Å². The summed E-state index contributed by atoms with van der Waals surface area (Å²) in [5.41, 5.74) is 1.77. The average molecular weight is 420 g/mol. The van der Waals surface area contributed by atoms with Gasteiger partial charge in [-0.05, 0) is 50.4 Å². The Morgan fingerprint density at radius 3 is 2.52 bits per heavy atom. The van der Waals surface area contributed by atoms with Crippen LogP contribution in [0, 0.1) is 5.92 Å². The number of carbonyl (C=O) groups excluding carboxylic acids is 1. The Kier molecular flexibility index (Phi) is 7.84. The molecule has 0 aromatic heterocycles. The minimum absolute atomic E-state index is 0.105. The van der Waals surface area contributed by atoms with Gasteiger partial charge in [0.1, 0.15) is 5.78 Å². The van der Waals surface area contributed by atoms with E-state index in [1.807, 2.05) is 24.3 Å². The zero-order valence-electron chi connectivity index (χ0n) is 17.2. The standard InChI is InChI=1S/C22H33N3O3S/c1-2-3-4-5-12-19(26)21(16-9-8-13-23-15-16)29-22(14-20(27)28)24-17-10-6-7-11-18(17)25-22/h6-7,10-11,16,21,23-25H,2-5,8-9,12-15H2,1H3,(H,27,28). The first-order chi connectivity index (χ1) is 14.0. The van der Waals surface area contributed by atoms with Crippen LogP contribution in [-0.2, 0) is 9.59 Å². The number of carbonyl (C=O) groups is 2. The normalized spacial score (nSPS) is 20.9. The quantitative estimate of drug-likeness (QED) is 0.398. The molecule has 1 fully saturated rings. The first kappa shape index (κ1) is 22.0. The fourth-order valence-electron chi connectivity index (χ4n) is 4.22. The third kappa shape index (κ3) is 5.89. The topological polar surface area (TPSA) is 90.5 Å². The number of aliphatic carboxylic acids is 1. The van der Waals surface area contributed by atoms with Crippen LogP contribution in [0.5, 0.6) is 0 Å². The van der Waals surface area contributed by atoms with Gasteiger partial charge < -0.3 is 21.1 Å². The Balaban J connectivity index is 1.77. The van der Waals surface area contributed by atoms with Crippen molar-refractivity contribution in [2.24, 2.45) is 5.92 Å². The van der Waals surface area contributed by atoms with Crippen molar-refractivity contribution in [3.05, 3.63) is 24.3 Å². The smallest absolute Gasteiger partial charge is 0.308 e. The lowest BCUT2D eigenvalue weighted by Gasteiger charge is -2.37. The molecule has 4 N–H and O–H groups in total. The maximum absolute atomic E-state index is 13.2. The van der Waals surface area contributed by atoms with E-state index < -0.39 is 11.0 Å². The van der Waals surface area contributed by atoms with Gasteiger partial charge in [-0.25, -0.2) is 0 Å². The predicted molar refractivity (Wildman–Crippen MR) is 119 cm³/mol. The number of ketones is 1. The number of nitrogens with one attached hydrogen (secondary N) is 3. The molecule has 0 radical (unpaired) electrons. The second kappa shape index (κ2) is 10.3. The van der Waals surface area contributed by atoms with E-state index in [-0.39, 0.29) is 23.4 Å². The van der Waals surface area contributed by atoms with Gasteiger partial charge in [0, 0.05) is 6.42 Å². The van der Waals surface area contributed by atoms with E-state index in [2.05, 4.69) is 22.9 Å². The lowest BCUT2D eigenvalue weighted by atomic mass is 9.92. The number of fused-ring (bicyclic) bond motifs is 1. The molecule has 160 valence electrons. The highest BCUT2D eigenvalue weighted by Gasteiger charge is 2.44. The monoisotopic (exact) mass is 419 g/mol. The Morgan fingerprint density at radius 2 is 1.93 bits per heavy atom. The molecule has 0 amide bonds. The number of para-hydroxylation sites is 2. The van der Waals surface area contributed by atoms with E-state index in [0.717, 1.165) is 63.0 Å². The van der Waals surface area contributed by atoms with Gasteiger partial charge in [-0.3, -0.25) is 9.59 Å². The first-order valence-electron chi connectivity index (χ1n) is 10.8. The van der Waals surface area contributed by atoms with Crippen LogP contribution in [0.3, 0.4) is 0 Å². The Morgan fingerprint density at radius 1 is 1.21 bits per heavy atom. The molecule has 3 rings (SSSR count). The van der Waals surface area contributed by atoms with Crippen molar-refractivity contribution >= 4 is 34.9 Å². The largest absolute Gasteiger partial charge is 0.481 e. The van der Waals surface area contributed by atoms with Gasteiger partial charge in [0.2, 0.25) is 0 Å². The summed E-state index contributed by atoms with van der Waals surface area (Å²) in [6.07, 6.45) is 6.81. The average Bonchev–Trinajstić information content (AvgIpc) is 3.07. The van der Waals surface area contributed by atoms with E-state index in [1.165, 1.54) is 11.8 Å². The minimum Gasteiger partial charge on any atom is -0.481 e. The highest BCUT2D eigenvalue weighted by molar-refractivity contribution is 8.02. The number of rotatable bonds is 11. The third-order valence-electron chi connectivity index (χ3n) is 5.69. The van der Waals surface area contributed by atoms with Crippen LogP contribution in [0.15, 0.2) is 24.3 Å². The van der Waals surface area contributed by atoms with Gasteiger partial charge in [-0.2, -0.15) is 0 Å². The maximum atomic E-state index is 13.2. The van der Waals surface area contributed by atoms with Crippen molar-refractivity contribution in [1.29, 1.82) is 0 Å². The highest BCUT2D eigenvalue weighted by atomic mass is 32.2. The SMILES string of the molecule is CCCCCCC(=O)C(SC1(CC(=O)O)Nc2ccccc2N1)C1CCCNC1. The minimum atomic E-state index is -0.906. The molecule has 1 aromatic carbocycles. The first-order valence-corrected chi connectivity index (χ1v) is 11.7. The number of hydrogen-bond acceptors (Lipinski definition) is 6. The number of Topliss-reactive ketones (excluding diaryl/α,β-unsaturated/α-hetero) is 1. The molecule has 2 atom stereocenters. The van der Waals surface area contributed by atoms with Crippen LogP contribution in [0.1, 0.15) is 58.3 Å². The summed E-state index contributed by atoms with van der Waals surface area (Å²) < 4.78 is 0. The van der Waals surface area contributed by atoms with E-state index >= 15 is 0 Å². The summed E-state index contributed by atoms with van der Waals surface area (Å²) in [6, 6.07) is 7.74. The van der Waals surface area contributed by atoms with Crippen molar-refractivity contribution in [2.75, 3.05) is 23.7 Å². The molecular weight excluding hydrogens is 386 g/mol. The Labute approximate surface area is 177 Å². The lowest BCUT2D eigenvalue weighted by molar-refractivity contribution is -0.137. The summed E-state index contributed by atoms with van der Waals surface area (Å²) in [7, 11) is 0. The molecule has 2 aliphatic rings. The molecule has 1 aromatic rings. The number of hydrogen-bond donors (Lipinski definition) is 4. The van der Waals surface area contributed by atoms with E-state index in [4.69, 9.17) is 0 Å². The summed E-state index contributed by atoms with van der Waals surface area (Å²) >= 11 is 1.47. The van der Waals surface area contributed by atoms with Gasteiger partial charge in [-0.15, -0.1) is 11.8 Å². The number of unbranched alkanes of at least 4 members (excludes halogenated alkanes) is 3. The molecule has 0 aliphatic carbocycles. The number of carboxylic acid groups (broad SMARTS) is 1. The molecule has 0 bridgehead atoms. The zero-order valence-corrected chi connectivity index (χ0v) is 18.0. The van der Waals surface area contributed by atoms with Crippen molar-refractivity contribution < 1.29 is 14.7 Å². The fourth-order valence-corrected chi connectivity index (χ4v) is 5.87. The molecule has 1 saturated heterocycles. The maximum Gasteiger partial charge on any atom is 0.308 e. The van der Waals surface area contributed by atoms with Crippen molar-refractivity contribution in [1.82, 2.24) is 5.32 Å². The Bertz CT molecular complexity index is 681. The molecule has 0 saturated carbocycles. The van der Waals surface area contributed by atoms with Crippen LogP contribution in [0.2, 0.25) is 0 Å². The van der Waals surface area contributed by atoms with Gasteiger partial charge in [0.25, 0.3) is 0 Å². The van der Waals surface area contributed by atoms with Gasteiger partial charge >= 0.3 is 5.97 Å². The second-order valence-electron chi connectivity index (χ2n) is 8.11. The summed E-state index contributed by atoms with van der Waals surface area (Å²) in [5.74, 6) is -0.407. The zero-order chi connectivity index (χ0) is 20.7. The van der Waals surface area contributed by atoms with Crippen LogP contribution >= 0.6 is 11.8 Å². The van der Waals surface area contributed by atoms with Crippen molar-refractivity contribution in [3.8, 4) is 0 Å². The van der Waals surface area contributed by atoms with E-state index in [9.17, 15) is 14.7 Å². The molecular formula is C22H33N3O3S. The summed E-state index contributed by atoms with van der Waals surface area (Å²) in [6.45, 7) is 3.97. The van der Waals surface area contributed by atoms with Crippen molar-refractivity contribution in [2.45, 2.75) is 68.5 Å². The van der Waals surface area contributed by atoms with Crippen LogP contribution in [0.4, 0.5) is 11.4 Å². The number of carboxylic acids is 1. The molecule has 6 nitrogen and oxygen atoms in total. The van der Waals surface area contributed by atoms with Gasteiger partial charge in [0.15, 0.2) is 4.99 Å². The molecule has 0 spiro atoms. The Hall–Kier alpha value is -1.73. The van der Waals surface area contributed by atoms with Crippen molar-refractivity contribution in [3.63, 3.8) is 0 Å². The summed E-state index contributed by atoms with van der Waals surface area (Å²) in [4.78, 5) is 24.0. The molecule has 2 heterocycles. The molecule has 2 aliphatic heterocycles. The number of thioether (sulfide) groups is 1. The van der Waals surface area contributed by atoms with Gasteiger partial charge in [-0.1, -0.05) is 38.3 Å². The molecule has 7 heteroatoms. The summed E-state index contributed by atoms with van der Waals surface area (Å²) in [5, 5.41) is 19.5. The van der Waals surface area contributed by atoms with E-state index in [1.54, 1.807) is 0 Å². The second-order valence-corrected chi connectivity index (χ2v) is 9.56. The molecule has 29 heavy (non-hydrogen) atoms. The van der Waals surface area contributed by atoms with Crippen LogP contribution in [0.25, 0.3) is 0 Å². The van der Waals surface area contributed by atoms with E-state index in [0.29, 0.717) is 6.42 Å².